The Morgan fingerprint density at radius 2 is 2.07 bits per heavy atom. The quantitative estimate of drug-likeness (QED) is 0.553. The van der Waals surface area contributed by atoms with E-state index in [0.717, 1.165) is 22.7 Å². The number of ether oxygens (including phenoxy) is 1. The van der Waals surface area contributed by atoms with Crippen LogP contribution in [0, 0.1) is 0 Å². The normalized spacial score (nSPS) is 23.3. The number of hydrogen-bond acceptors (Lipinski definition) is 7. The Balaban J connectivity index is 1.70. The van der Waals surface area contributed by atoms with E-state index in [9.17, 15) is 18.0 Å². The third kappa shape index (κ3) is 4.45. The third-order valence-electron chi connectivity index (χ3n) is 4.26. The highest BCUT2D eigenvalue weighted by molar-refractivity contribution is 8.26. The number of thioether (sulfide) groups is 1. The number of carbonyl (C=O) groups is 2. The van der Waals surface area contributed by atoms with Crippen molar-refractivity contribution in [2.75, 3.05) is 12.9 Å². The molecule has 0 saturated carbocycles. The summed E-state index contributed by atoms with van der Waals surface area (Å²) in [6.45, 7) is 1.56. The van der Waals surface area contributed by atoms with Gasteiger partial charge in [0.2, 0.25) is 5.91 Å². The zero-order valence-electron chi connectivity index (χ0n) is 15.1. The van der Waals surface area contributed by atoms with E-state index in [0.29, 0.717) is 10.7 Å². The molecule has 2 amide bonds. The minimum absolute atomic E-state index is 0.179. The molecule has 0 aliphatic carbocycles. The van der Waals surface area contributed by atoms with Crippen LogP contribution in [0.4, 0.5) is 0 Å². The second-order valence-corrected chi connectivity index (χ2v) is 9.88. The molecule has 2 heterocycles. The minimum atomic E-state index is -3.28. The molecule has 28 heavy (non-hydrogen) atoms. The molecule has 10 heteroatoms. The van der Waals surface area contributed by atoms with Crippen molar-refractivity contribution in [3.8, 4) is 5.75 Å². The van der Waals surface area contributed by atoms with Gasteiger partial charge in [0.25, 0.3) is 5.91 Å². The van der Waals surface area contributed by atoms with Crippen molar-refractivity contribution in [3.63, 3.8) is 0 Å². The number of benzene rings is 1. The monoisotopic (exact) mass is 438 g/mol. The summed E-state index contributed by atoms with van der Waals surface area (Å²) in [6.07, 6.45) is 3.13. The maximum absolute atomic E-state index is 12.8. The first-order valence-corrected chi connectivity index (χ1v) is 11.3. The van der Waals surface area contributed by atoms with E-state index in [1.54, 1.807) is 32.2 Å². The molecule has 0 bridgehead atoms. The molecule has 1 aromatic carbocycles. The number of hydrogen-bond donors (Lipinski definition) is 1. The van der Waals surface area contributed by atoms with E-state index in [-0.39, 0.29) is 16.0 Å². The highest BCUT2D eigenvalue weighted by Gasteiger charge is 2.39. The fourth-order valence-electron chi connectivity index (χ4n) is 2.75. The van der Waals surface area contributed by atoms with E-state index in [1.165, 1.54) is 11.0 Å². The first-order chi connectivity index (χ1) is 13.2. The van der Waals surface area contributed by atoms with Crippen LogP contribution in [-0.4, -0.2) is 54.4 Å². The van der Waals surface area contributed by atoms with Crippen LogP contribution in [0.2, 0.25) is 0 Å². The standard InChI is InChI=1S/C18H18N2O5S3/c1-11(16(21)19-13-7-8-28(23,24)10-13)20-17(22)15(27-18(20)26)9-12-3-5-14(25-2)6-4-12/h3-9,11,13H,10H2,1-2H3,(H,19,21)/b15-9+. The molecule has 7 nitrogen and oxygen atoms in total. The average Bonchev–Trinajstić information content (AvgIpc) is 3.13. The lowest BCUT2D eigenvalue weighted by molar-refractivity contribution is -0.132. The summed E-state index contributed by atoms with van der Waals surface area (Å²) < 4.78 is 28.3. The Morgan fingerprint density at radius 3 is 2.64 bits per heavy atom. The van der Waals surface area contributed by atoms with Crippen molar-refractivity contribution < 1.29 is 22.7 Å². The van der Waals surface area contributed by atoms with Crippen LogP contribution in [0.15, 0.2) is 40.7 Å². The Kier molecular flexibility index (Phi) is 5.92. The van der Waals surface area contributed by atoms with E-state index in [4.69, 9.17) is 17.0 Å². The van der Waals surface area contributed by atoms with Crippen LogP contribution in [0.1, 0.15) is 12.5 Å². The molecule has 2 unspecified atom stereocenters. The number of amides is 2. The number of nitrogens with zero attached hydrogens (tertiary/aromatic N) is 1. The molecule has 1 fully saturated rings. The predicted octanol–water partition coefficient (Wildman–Crippen LogP) is 1.71. The van der Waals surface area contributed by atoms with Crippen molar-refractivity contribution in [1.82, 2.24) is 10.2 Å². The molecule has 0 aromatic heterocycles. The van der Waals surface area contributed by atoms with Crippen LogP contribution >= 0.6 is 24.0 Å². The molecule has 148 valence electrons. The summed E-state index contributed by atoms with van der Waals surface area (Å²) in [7, 11) is -1.71. The Hall–Kier alpha value is -2.17. The fourth-order valence-corrected chi connectivity index (χ4v) is 5.41. The molecule has 2 aliphatic rings. The summed E-state index contributed by atoms with van der Waals surface area (Å²) in [4.78, 5) is 26.9. The van der Waals surface area contributed by atoms with Gasteiger partial charge in [0.15, 0.2) is 9.84 Å². The van der Waals surface area contributed by atoms with Crippen LogP contribution in [0.25, 0.3) is 6.08 Å². The van der Waals surface area contributed by atoms with Crippen LogP contribution in [0.5, 0.6) is 5.75 Å². The maximum Gasteiger partial charge on any atom is 0.266 e. The number of rotatable bonds is 5. The van der Waals surface area contributed by atoms with E-state index in [1.807, 2.05) is 12.1 Å². The topological polar surface area (TPSA) is 92.8 Å². The largest absolute Gasteiger partial charge is 0.497 e. The van der Waals surface area contributed by atoms with Crippen molar-refractivity contribution in [2.24, 2.45) is 0 Å². The SMILES string of the molecule is COc1ccc(/C=C2/SC(=S)N(C(C)C(=O)NC3C=CS(=O)(=O)C3)C2=O)cc1. The van der Waals surface area contributed by atoms with Gasteiger partial charge in [-0.1, -0.05) is 36.1 Å². The Bertz CT molecular complexity index is 983. The van der Waals surface area contributed by atoms with Gasteiger partial charge in [0, 0.05) is 5.41 Å². The van der Waals surface area contributed by atoms with Crippen LogP contribution < -0.4 is 10.1 Å². The smallest absolute Gasteiger partial charge is 0.266 e. The summed E-state index contributed by atoms with van der Waals surface area (Å²) >= 11 is 6.40. The van der Waals surface area contributed by atoms with Gasteiger partial charge in [0.05, 0.1) is 23.8 Å². The predicted molar refractivity (Wildman–Crippen MR) is 112 cm³/mol. The zero-order valence-corrected chi connectivity index (χ0v) is 17.6. The molecule has 2 aliphatic heterocycles. The molecule has 1 saturated heterocycles. The lowest BCUT2D eigenvalue weighted by atomic mass is 10.2. The third-order valence-corrected chi connectivity index (χ3v) is 6.99. The van der Waals surface area contributed by atoms with Crippen molar-refractivity contribution >= 4 is 56.0 Å². The average molecular weight is 439 g/mol. The van der Waals surface area contributed by atoms with E-state index >= 15 is 0 Å². The number of thiocarbonyl (C=S) groups is 1. The maximum atomic E-state index is 12.8. The summed E-state index contributed by atoms with van der Waals surface area (Å²) in [6, 6.07) is 5.74. The molecule has 0 spiro atoms. The Labute approximate surface area is 172 Å². The molecule has 1 N–H and O–H groups in total. The van der Waals surface area contributed by atoms with Crippen LogP contribution in [0.3, 0.4) is 0 Å². The van der Waals surface area contributed by atoms with Crippen molar-refractivity contribution in [2.45, 2.75) is 19.0 Å². The van der Waals surface area contributed by atoms with Crippen molar-refractivity contribution in [3.05, 3.63) is 46.2 Å². The van der Waals surface area contributed by atoms with E-state index < -0.39 is 27.8 Å². The second-order valence-electron chi connectivity index (χ2n) is 6.27. The molecule has 3 rings (SSSR count). The molecular formula is C18H18N2O5S3. The molecular weight excluding hydrogens is 420 g/mol. The van der Waals surface area contributed by atoms with Crippen LogP contribution in [-0.2, 0) is 19.4 Å². The summed E-state index contributed by atoms with van der Waals surface area (Å²) in [5.74, 6) is -0.295. The van der Waals surface area contributed by atoms with Gasteiger partial charge < -0.3 is 10.1 Å². The first kappa shape index (κ1) is 20.6. The number of sulfone groups is 1. The second kappa shape index (κ2) is 8.06. The highest BCUT2D eigenvalue weighted by Crippen LogP contribution is 2.34. The molecule has 0 radical (unpaired) electrons. The molecule has 2 atom stereocenters. The van der Waals surface area contributed by atoms with Gasteiger partial charge in [0.1, 0.15) is 16.1 Å². The molecule has 1 aromatic rings. The van der Waals surface area contributed by atoms with Gasteiger partial charge in [-0.15, -0.1) is 0 Å². The van der Waals surface area contributed by atoms with E-state index in [2.05, 4.69) is 5.32 Å². The highest BCUT2D eigenvalue weighted by atomic mass is 32.2. The van der Waals surface area contributed by atoms with Gasteiger partial charge in [-0.3, -0.25) is 14.5 Å². The minimum Gasteiger partial charge on any atom is -0.497 e. The number of methoxy groups -OCH3 is 1. The summed E-state index contributed by atoms with van der Waals surface area (Å²) in [5, 5.41) is 3.71. The van der Waals surface area contributed by atoms with Gasteiger partial charge >= 0.3 is 0 Å². The number of carbonyl (C=O) groups excluding carboxylic acids is 2. The van der Waals surface area contributed by atoms with Crippen molar-refractivity contribution in [1.29, 1.82) is 0 Å². The Morgan fingerprint density at radius 1 is 1.39 bits per heavy atom. The number of nitrogens with one attached hydrogen (secondary N) is 1. The van der Waals surface area contributed by atoms with Gasteiger partial charge in [-0.05, 0) is 36.8 Å². The fraction of sp³-hybridized carbons (Fsp3) is 0.278. The van der Waals surface area contributed by atoms with Gasteiger partial charge in [-0.25, -0.2) is 8.42 Å². The zero-order chi connectivity index (χ0) is 20.5. The summed E-state index contributed by atoms with van der Waals surface area (Å²) in [5.41, 5.74) is 0.805. The van der Waals surface area contributed by atoms with Gasteiger partial charge in [-0.2, -0.15) is 0 Å². The first-order valence-electron chi connectivity index (χ1n) is 8.32. The lowest BCUT2D eigenvalue weighted by Gasteiger charge is -2.23. The lowest BCUT2D eigenvalue weighted by Crippen LogP contribution is -2.49.